The molecule has 0 amide bonds. The third-order valence-electron chi connectivity index (χ3n) is 4.99. The maximum absolute atomic E-state index is 6.27. The molecule has 0 aliphatic heterocycles. The van der Waals surface area contributed by atoms with E-state index in [1.807, 2.05) is 0 Å². The van der Waals surface area contributed by atoms with Gasteiger partial charge in [-0.3, -0.25) is 0 Å². The monoisotopic (exact) mass is 374 g/mol. The first-order valence-electron chi connectivity index (χ1n) is 10.2. The van der Waals surface area contributed by atoms with Gasteiger partial charge < -0.3 is 9.47 Å². The lowest BCUT2D eigenvalue weighted by atomic mass is 9.96. The van der Waals surface area contributed by atoms with Crippen LogP contribution in [-0.2, 0) is 0 Å². The standard InChI is InChI=1S/C26H30O2/c1-5-7-11-15-27-25-21-13-9-10-14-22(21)26(28-16-12-8-6-2)24-18-20(4)19(3)17-23(24)25/h7-14,17-18H,5-6,15-16H2,1-4H3/b11-7+,12-8+. The van der Waals surface area contributed by atoms with Crippen LogP contribution in [0.2, 0.25) is 0 Å². The van der Waals surface area contributed by atoms with Gasteiger partial charge in [-0.25, -0.2) is 0 Å². The first-order valence-corrected chi connectivity index (χ1v) is 10.2. The summed E-state index contributed by atoms with van der Waals surface area (Å²) in [6.45, 7) is 9.70. The highest BCUT2D eigenvalue weighted by molar-refractivity contribution is 6.11. The van der Waals surface area contributed by atoms with Gasteiger partial charge in [0.2, 0.25) is 0 Å². The van der Waals surface area contributed by atoms with E-state index in [1.54, 1.807) is 0 Å². The molecule has 0 saturated heterocycles. The van der Waals surface area contributed by atoms with Crippen molar-refractivity contribution in [3.05, 3.63) is 71.8 Å². The van der Waals surface area contributed by atoms with Gasteiger partial charge >= 0.3 is 0 Å². The lowest BCUT2D eigenvalue weighted by molar-refractivity contribution is 0.365. The van der Waals surface area contributed by atoms with Crippen molar-refractivity contribution in [1.29, 1.82) is 0 Å². The Morgan fingerprint density at radius 2 is 1.07 bits per heavy atom. The van der Waals surface area contributed by atoms with Gasteiger partial charge in [-0.05, 0) is 49.9 Å². The van der Waals surface area contributed by atoms with Crippen LogP contribution in [0.4, 0.5) is 0 Å². The molecule has 146 valence electrons. The Hall–Kier alpha value is -2.74. The average molecular weight is 375 g/mol. The van der Waals surface area contributed by atoms with Crippen molar-refractivity contribution >= 4 is 21.5 Å². The Morgan fingerprint density at radius 3 is 1.46 bits per heavy atom. The molecule has 2 heteroatoms. The molecule has 0 N–H and O–H groups in total. The van der Waals surface area contributed by atoms with Crippen LogP contribution in [-0.4, -0.2) is 13.2 Å². The second-order valence-corrected chi connectivity index (χ2v) is 7.07. The van der Waals surface area contributed by atoms with Crippen LogP contribution in [0.3, 0.4) is 0 Å². The Bertz CT molecular complexity index is 930. The summed E-state index contributed by atoms with van der Waals surface area (Å²) in [6.07, 6.45) is 10.5. The molecule has 0 unspecified atom stereocenters. The van der Waals surface area contributed by atoms with Gasteiger partial charge in [0, 0.05) is 21.5 Å². The van der Waals surface area contributed by atoms with Crippen molar-refractivity contribution in [3.63, 3.8) is 0 Å². The predicted octanol–water partition coefficient (Wildman–Crippen LogP) is 7.30. The molecule has 2 nitrogen and oxygen atoms in total. The van der Waals surface area contributed by atoms with Crippen LogP contribution < -0.4 is 9.47 Å². The maximum atomic E-state index is 6.27. The molecular formula is C26H30O2. The summed E-state index contributed by atoms with van der Waals surface area (Å²) in [7, 11) is 0. The van der Waals surface area contributed by atoms with Crippen molar-refractivity contribution in [3.8, 4) is 11.5 Å². The smallest absolute Gasteiger partial charge is 0.135 e. The Kier molecular flexibility index (Phi) is 6.76. The molecule has 0 bridgehead atoms. The van der Waals surface area contributed by atoms with Crippen molar-refractivity contribution in [2.75, 3.05) is 13.2 Å². The molecule has 28 heavy (non-hydrogen) atoms. The molecule has 0 aliphatic carbocycles. The Morgan fingerprint density at radius 1 is 0.643 bits per heavy atom. The minimum atomic E-state index is 0.569. The molecule has 0 aromatic heterocycles. The fourth-order valence-electron chi connectivity index (χ4n) is 3.40. The van der Waals surface area contributed by atoms with Crippen molar-refractivity contribution in [2.45, 2.75) is 40.5 Å². The molecule has 0 heterocycles. The third kappa shape index (κ3) is 4.22. The van der Waals surface area contributed by atoms with Gasteiger partial charge in [-0.15, -0.1) is 0 Å². The van der Waals surface area contributed by atoms with E-state index in [0.717, 1.165) is 45.9 Å². The topological polar surface area (TPSA) is 18.5 Å². The van der Waals surface area contributed by atoms with E-state index >= 15 is 0 Å². The molecule has 3 aromatic carbocycles. The van der Waals surface area contributed by atoms with Crippen LogP contribution >= 0.6 is 0 Å². The number of ether oxygens (including phenoxy) is 2. The van der Waals surface area contributed by atoms with E-state index in [4.69, 9.17) is 9.47 Å². The SMILES string of the molecule is CC/C=C/COc1c2ccccc2c(OC/C=C/CC)c2cc(C)c(C)cc12. The number of aryl methyl sites for hydroxylation is 2. The second-order valence-electron chi connectivity index (χ2n) is 7.07. The summed E-state index contributed by atoms with van der Waals surface area (Å²) in [5.74, 6) is 1.87. The van der Waals surface area contributed by atoms with E-state index in [9.17, 15) is 0 Å². The van der Waals surface area contributed by atoms with Crippen molar-refractivity contribution in [2.24, 2.45) is 0 Å². The van der Waals surface area contributed by atoms with E-state index in [0.29, 0.717) is 13.2 Å². The molecule has 0 spiro atoms. The van der Waals surface area contributed by atoms with E-state index in [1.165, 1.54) is 11.1 Å². The Labute approximate surface area is 168 Å². The van der Waals surface area contributed by atoms with Crippen LogP contribution in [0.5, 0.6) is 11.5 Å². The predicted molar refractivity (Wildman–Crippen MR) is 121 cm³/mol. The molecule has 0 radical (unpaired) electrons. The zero-order valence-corrected chi connectivity index (χ0v) is 17.4. The first-order chi connectivity index (χ1) is 13.7. The van der Waals surface area contributed by atoms with Crippen LogP contribution in [0.1, 0.15) is 37.8 Å². The van der Waals surface area contributed by atoms with Crippen molar-refractivity contribution in [1.82, 2.24) is 0 Å². The Balaban J connectivity index is 2.21. The van der Waals surface area contributed by atoms with Gasteiger partial charge in [0.25, 0.3) is 0 Å². The molecular weight excluding hydrogens is 344 g/mol. The van der Waals surface area contributed by atoms with E-state index in [2.05, 4.69) is 88.4 Å². The quantitative estimate of drug-likeness (QED) is 0.304. The van der Waals surface area contributed by atoms with Crippen LogP contribution in [0.15, 0.2) is 60.7 Å². The molecule has 0 atom stereocenters. The number of rotatable bonds is 8. The van der Waals surface area contributed by atoms with Gasteiger partial charge in [0.05, 0.1) is 0 Å². The van der Waals surface area contributed by atoms with E-state index in [-0.39, 0.29) is 0 Å². The first kappa shape index (κ1) is 20.0. The largest absolute Gasteiger partial charge is 0.488 e. The summed E-state index contributed by atoms with van der Waals surface area (Å²) in [4.78, 5) is 0. The lowest BCUT2D eigenvalue weighted by Crippen LogP contribution is -2.00. The van der Waals surface area contributed by atoms with E-state index < -0.39 is 0 Å². The highest BCUT2D eigenvalue weighted by atomic mass is 16.5. The normalized spacial score (nSPS) is 11.9. The fraction of sp³-hybridized carbons (Fsp3) is 0.308. The average Bonchev–Trinajstić information content (AvgIpc) is 2.70. The summed E-state index contributed by atoms with van der Waals surface area (Å²) in [6, 6.07) is 12.8. The highest BCUT2D eigenvalue weighted by Gasteiger charge is 2.16. The number of hydrogen-bond acceptors (Lipinski definition) is 2. The van der Waals surface area contributed by atoms with Gasteiger partial charge in [0.1, 0.15) is 24.7 Å². The van der Waals surface area contributed by atoms with Gasteiger partial charge in [0.15, 0.2) is 0 Å². The molecule has 3 rings (SSSR count). The number of allylic oxidation sites excluding steroid dienone is 2. The summed E-state index contributed by atoms with van der Waals surface area (Å²) < 4.78 is 12.5. The lowest BCUT2D eigenvalue weighted by Gasteiger charge is -2.18. The number of benzene rings is 3. The summed E-state index contributed by atoms with van der Waals surface area (Å²) >= 11 is 0. The minimum absolute atomic E-state index is 0.569. The highest BCUT2D eigenvalue weighted by Crippen LogP contribution is 2.43. The van der Waals surface area contributed by atoms with Crippen molar-refractivity contribution < 1.29 is 9.47 Å². The number of hydrogen-bond donors (Lipinski definition) is 0. The van der Waals surface area contributed by atoms with Crippen LogP contribution in [0, 0.1) is 13.8 Å². The molecule has 3 aromatic rings. The summed E-state index contributed by atoms with van der Waals surface area (Å²) in [5, 5.41) is 4.41. The molecule has 0 fully saturated rings. The molecule has 0 aliphatic rings. The van der Waals surface area contributed by atoms with Crippen LogP contribution in [0.25, 0.3) is 21.5 Å². The summed E-state index contributed by atoms with van der Waals surface area (Å²) in [5.41, 5.74) is 2.52. The third-order valence-corrected chi connectivity index (χ3v) is 4.99. The second kappa shape index (κ2) is 9.45. The molecule has 0 saturated carbocycles. The zero-order valence-electron chi connectivity index (χ0n) is 17.4. The maximum Gasteiger partial charge on any atom is 0.135 e. The van der Waals surface area contributed by atoms with Gasteiger partial charge in [-0.2, -0.15) is 0 Å². The minimum Gasteiger partial charge on any atom is -0.488 e. The number of fused-ring (bicyclic) bond motifs is 2. The zero-order chi connectivity index (χ0) is 19.9. The van der Waals surface area contributed by atoms with Gasteiger partial charge in [-0.1, -0.05) is 62.4 Å². The fourth-order valence-corrected chi connectivity index (χ4v) is 3.40.